The van der Waals surface area contributed by atoms with Crippen LogP contribution in [-0.4, -0.2) is 0 Å². The molecule has 0 amide bonds. The number of nitrogens with two attached hydrogens (primary N) is 1. The van der Waals surface area contributed by atoms with E-state index in [2.05, 4.69) is 69.9 Å². The van der Waals surface area contributed by atoms with Crippen molar-refractivity contribution in [1.29, 1.82) is 0 Å². The first-order valence-corrected chi connectivity index (χ1v) is 7.89. The van der Waals surface area contributed by atoms with Crippen molar-refractivity contribution in [3.63, 3.8) is 0 Å². The van der Waals surface area contributed by atoms with Crippen molar-refractivity contribution in [3.8, 4) is 0 Å². The van der Waals surface area contributed by atoms with E-state index in [0.29, 0.717) is 5.92 Å². The van der Waals surface area contributed by atoms with Crippen molar-refractivity contribution in [2.24, 2.45) is 5.84 Å². The molecule has 0 saturated heterocycles. The van der Waals surface area contributed by atoms with Crippen LogP contribution in [-0.2, 0) is 0 Å². The van der Waals surface area contributed by atoms with Gasteiger partial charge in [-0.05, 0) is 47.6 Å². The van der Waals surface area contributed by atoms with E-state index in [0.717, 1.165) is 4.47 Å². The van der Waals surface area contributed by atoms with E-state index in [1.807, 2.05) is 0 Å². The second kappa shape index (κ2) is 6.08. The molecule has 2 nitrogen and oxygen atoms in total. The van der Waals surface area contributed by atoms with Crippen molar-refractivity contribution >= 4 is 15.9 Å². The average molecular weight is 331 g/mol. The minimum absolute atomic E-state index is 0.0555. The van der Waals surface area contributed by atoms with Gasteiger partial charge in [0.15, 0.2) is 0 Å². The predicted molar refractivity (Wildman–Crippen MR) is 86.3 cm³/mol. The molecule has 2 aromatic carbocycles. The zero-order valence-electron chi connectivity index (χ0n) is 11.4. The standard InChI is InChI=1S/C17H19BrN2/c18-14-10-8-13(9-11-14)17(20-19)16-7-2-1-6-15(16)12-4-3-5-12/h1-2,6-12,17,20H,3-5,19H2. The van der Waals surface area contributed by atoms with Gasteiger partial charge in [-0.25, -0.2) is 5.43 Å². The Labute approximate surface area is 128 Å². The maximum Gasteiger partial charge on any atom is 0.0712 e. The Morgan fingerprint density at radius 1 is 1.05 bits per heavy atom. The molecule has 0 aromatic heterocycles. The van der Waals surface area contributed by atoms with Crippen LogP contribution in [0.1, 0.15) is 47.9 Å². The molecule has 1 fully saturated rings. The van der Waals surface area contributed by atoms with Crippen molar-refractivity contribution in [1.82, 2.24) is 5.43 Å². The van der Waals surface area contributed by atoms with Gasteiger partial charge in [-0.1, -0.05) is 58.7 Å². The van der Waals surface area contributed by atoms with Crippen LogP contribution >= 0.6 is 15.9 Å². The van der Waals surface area contributed by atoms with Gasteiger partial charge in [-0.15, -0.1) is 0 Å². The lowest BCUT2D eigenvalue weighted by molar-refractivity contribution is 0.414. The average Bonchev–Trinajstić information content (AvgIpc) is 2.41. The first-order chi connectivity index (χ1) is 9.79. The van der Waals surface area contributed by atoms with Crippen molar-refractivity contribution < 1.29 is 0 Å². The Balaban J connectivity index is 1.98. The molecular formula is C17H19BrN2. The third kappa shape index (κ3) is 2.66. The Kier molecular flexibility index (Phi) is 4.20. The molecule has 1 aliphatic rings. The summed E-state index contributed by atoms with van der Waals surface area (Å²) in [5, 5.41) is 0. The third-order valence-electron chi connectivity index (χ3n) is 4.22. The summed E-state index contributed by atoms with van der Waals surface area (Å²) in [5.41, 5.74) is 6.94. The molecule has 0 bridgehead atoms. The van der Waals surface area contributed by atoms with E-state index in [1.165, 1.54) is 36.0 Å². The molecule has 20 heavy (non-hydrogen) atoms. The van der Waals surface area contributed by atoms with Gasteiger partial charge in [0.05, 0.1) is 6.04 Å². The fraction of sp³-hybridized carbons (Fsp3) is 0.294. The molecule has 3 heteroatoms. The lowest BCUT2D eigenvalue weighted by atomic mass is 9.76. The fourth-order valence-electron chi connectivity index (χ4n) is 2.89. The molecule has 1 unspecified atom stereocenters. The first kappa shape index (κ1) is 13.8. The van der Waals surface area contributed by atoms with Crippen LogP contribution < -0.4 is 11.3 Å². The van der Waals surface area contributed by atoms with Crippen LogP contribution in [0.25, 0.3) is 0 Å². The molecule has 1 atom stereocenters. The van der Waals surface area contributed by atoms with E-state index >= 15 is 0 Å². The Morgan fingerprint density at radius 3 is 2.35 bits per heavy atom. The summed E-state index contributed by atoms with van der Waals surface area (Å²) in [6.07, 6.45) is 3.95. The van der Waals surface area contributed by atoms with E-state index in [1.54, 1.807) is 0 Å². The van der Waals surface area contributed by atoms with Gasteiger partial charge < -0.3 is 0 Å². The zero-order valence-corrected chi connectivity index (χ0v) is 12.9. The normalized spacial score (nSPS) is 16.7. The maximum atomic E-state index is 5.84. The molecule has 104 valence electrons. The summed E-state index contributed by atoms with van der Waals surface area (Å²) >= 11 is 3.48. The maximum absolute atomic E-state index is 5.84. The highest BCUT2D eigenvalue weighted by molar-refractivity contribution is 9.10. The molecule has 0 heterocycles. The minimum Gasteiger partial charge on any atom is -0.271 e. The first-order valence-electron chi connectivity index (χ1n) is 7.10. The van der Waals surface area contributed by atoms with Crippen molar-refractivity contribution in [2.45, 2.75) is 31.2 Å². The van der Waals surface area contributed by atoms with Gasteiger partial charge in [-0.3, -0.25) is 5.84 Å². The van der Waals surface area contributed by atoms with E-state index in [4.69, 9.17) is 5.84 Å². The van der Waals surface area contributed by atoms with Gasteiger partial charge in [0, 0.05) is 4.47 Å². The van der Waals surface area contributed by atoms with Crippen LogP contribution in [0.3, 0.4) is 0 Å². The number of hydrogen-bond acceptors (Lipinski definition) is 2. The second-order valence-corrected chi connectivity index (χ2v) is 6.32. The van der Waals surface area contributed by atoms with Crippen molar-refractivity contribution in [2.75, 3.05) is 0 Å². The largest absolute Gasteiger partial charge is 0.271 e. The fourth-order valence-corrected chi connectivity index (χ4v) is 3.15. The summed E-state index contributed by atoms with van der Waals surface area (Å²) < 4.78 is 1.09. The summed E-state index contributed by atoms with van der Waals surface area (Å²) in [5.74, 6) is 6.55. The van der Waals surface area contributed by atoms with Crippen LogP contribution in [0.5, 0.6) is 0 Å². The quantitative estimate of drug-likeness (QED) is 0.649. The minimum atomic E-state index is 0.0555. The lowest BCUT2D eigenvalue weighted by Crippen LogP contribution is -2.30. The van der Waals surface area contributed by atoms with Gasteiger partial charge in [0.1, 0.15) is 0 Å². The Hall–Kier alpha value is -1.16. The van der Waals surface area contributed by atoms with Crippen LogP contribution in [0.15, 0.2) is 53.0 Å². The zero-order chi connectivity index (χ0) is 13.9. The van der Waals surface area contributed by atoms with Crippen LogP contribution in [0.2, 0.25) is 0 Å². The topological polar surface area (TPSA) is 38.0 Å². The number of hydrazine groups is 1. The molecule has 0 radical (unpaired) electrons. The van der Waals surface area contributed by atoms with Gasteiger partial charge >= 0.3 is 0 Å². The highest BCUT2D eigenvalue weighted by Gasteiger charge is 2.25. The van der Waals surface area contributed by atoms with Crippen molar-refractivity contribution in [3.05, 3.63) is 69.7 Å². The number of hydrogen-bond donors (Lipinski definition) is 2. The highest BCUT2D eigenvalue weighted by atomic mass is 79.9. The van der Waals surface area contributed by atoms with Gasteiger partial charge in [0.2, 0.25) is 0 Å². The van der Waals surface area contributed by atoms with E-state index in [9.17, 15) is 0 Å². The third-order valence-corrected chi connectivity index (χ3v) is 4.75. The lowest BCUT2D eigenvalue weighted by Gasteiger charge is -2.30. The monoisotopic (exact) mass is 330 g/mol. The van der Waals surface area contributed by atoms with Crippen LogP contribution in [0.4, 0.5) is 0 Å². The molecule has 1 aliphatic carbocycles. The predicted octanol–water partition coefficient (Wildman–Crippen LogP) is 4.27. The molecular weight excluding hydrogens is 312 g/mol. The number of rotatable bonds is 4. The molecule has 0 spiro atoms. The molecule has 3 rings (SSSR count). The SMILES string of the molecule is NNC(c1ccc(Br)cc1)c1ccccc1C1CCC1. The number of benzene rings is 2. The smallest absolute Gasteiger partial charge is 0.0712 e. The molecule has 1 saturated carbocycles. The summed E-state index contributed by atoms with van der Waals surface area (Å²) in [6, 6.07) is 17.1. The summed E-state index contributed by atoms with van der Waals surface area (Å²) in [7, 11) is 0. The number of halogens is 1. The van der Waals surface area contributed by atoms with E-state index in [-0.39, 0.29) is 6.04 Å². The Bertz CT molecular complexity index is 576. The Morgan fingerprint density at radius 2 is 1.75 bits per heavy atom. The number of nitrogens with one attached hydrogen (secondary N) is 1. The molecule has 2 aromatic rings. The summed E-state index contributed by atoms with van der Waals surface area (Å²) in [6.45, 7) is 0. The van der Waals surface area contributed by atoms with Crippen LogP contribution in [0, 0.1) is 0 Å². The molecule has 0 aliphatic heterocycles. The van der Waals surface area contributed by atoms with Gasteiger partial charge in [-0.2, -0.15) is 0 Å². The summed E-state index contributed by atoms with van der Waals surface area (Å²) in [4.78, 5) is 0. The second-order valence-electron chi connectivity index (χ2n) is 5.41. The molecule has 3 N–H and O–H groups in total. The van der Waals surface area contributed by atoms with E-state index < -0.39 is 0 Å². The highest BCUT2D eigenvalue weighted by Crippen LogP contribution is 2.40. The van der Waals surface area contributed by atoms with Gasteiger partial charge in [0.25, 0.3) is 0 Å².